The van der Waals surface area contributed by atoms with Crippen molar-refractivity contribution in [3.05, 3.63) is 77.1 Å². The van der Waals surface area contributed by atoms with Crippen molar-refractivity contribution in [1.29, 1.82) is 0 Å². The highest BCUT2D eigenvalue weighted by Crippen LogP contribution is 2.28. The smallest absolute Gasteiger partial charge is 0.359 e. The number of anilines is 1. The molecule has 0 radical (unpaired) electrons. The van der Waals surface area contributed by atoms with Crippen LogP contribution in [0.15, 0.2) is 54.6 Å². The predicted molar refractivity (Wildman–Crippen MR) is 119 cm³/mol. The Bertz CT molecular complexity index is 1150. The number of aromatic nitrogens is 2. The van der Waals surface area contributed by atoms with Gasteiger partial charge in [-0.3, -0.25) is 9.59 Å². The maximum Gasteiger partial charge on any atom is 0.359 e. The lowest BCUT2D eigenvalue weighted by Gasteiger charge is -2.08. The first-order chi connectivity index (χ1) is 15.6. The Morgan fingerprint density at radius 1 is 1.06 bits per heavy atom. The van der Waals surface area contributed by atoms with E-state index in [0.717, 1.165) is 36.2 Å². The van der Waals surface area contributed by atoms with Gasteiger partial charge in [0, 0.05) is 29.1 Å². The fraction of sp³-hybridized carbons (Fsp3) is 0.250. The molecule has 0 saturated carbocycles. The first kappa shape index (κ1) is 21.3. The topological polar surface area (TPSA) is 102 Å². The molecule has 2 N–H and O–H groups in total. The SMILES string of the molecule is CCNC(=O)c1cccc(NC(=O)COC(=O)c2nn(-c3ccccc3)c3c2CCC3)c1. The monoisotopic (exact) mass is 432 g/mol. The van der Waals surface area contributed by atoms with Crippen molar-refractivity contribution in [2.75, 3.05) is 18.5 Å². The summed E-state index contributed by atoms with van der Waals surface area (Å²) in [5.74, 6) is -1.34. The quantitative estimate of drug-likeness (QED) is 0.559. The Labute approximate surface area is 185 Å². The number of hydrogen-bond donors (Lipinski definition) is 2. The second kappa shape index (κ2) is 9.47. The third kappa shape index (κ3) is 4.54. The van der Waals surface area contributed by atoms with Crippen LogP contribution in [-0.4, -0.2) is 40.7 Å². The van der Waals surface area contributed by atoms with Crippen molar-refractivity contribution in [1.82, 2.24) is 15.1 Å². The van der Waals surface area contributed by atoms with Crippen molar-refractivity contribution in [2.45, 2.75) is 26.2 Å². The molecule has 0 aliphatic heterocycles. The molecule has 0 spiro atoms. The lowest BCUT2D eigenvalue weighted by atomic mass is 10.2. The average Bonchev–Trinajstić information content (AvgIpc) is 3.41. The van der Waals surface area contributed by atoms with Crippen molar-refractivity contribution < 1.29 is 19.1 Å². The number of nitrogens with one attached hydrogen (secondary N) is 2. The highest BCUT2D eigenvalue weighted by molar-refractivity contribution is 5.98. The highest BCUT2D eigenvalue weighted by atomic mass is 16.5. The number of esters is 1. The van der Waals surface area contributed by atoms with Crippen LogP contribution in [0.3, 0.4) is 0 Å². The largest absolute Gasteiger partial charge is 0.451 e. The van der Waals surface area contributed by atoms with E-state index in [1.165, 1.54) is 0 Å². The normalized spacial score (nSPS) is 12.2. The fourth-order valence-corrected chi connectivity index (χ4v) is 3.78. The number of amides is 2. The molecule has 1 aliphatic rings. The molecule has 1 heterocycles. The Morgan fingerprint density at radius 3 is 2.66 bits per heavy atom. The van der Waals surface area contributed by atoms with E-state index in [0.29, 0.717) is 17.8 Å². The molecule has 1 aliphatic carbocycles. The van der Waals surface area contributed by atoms with Gasteiger partial charge in [0.15, 0.2) is 12.3 Å². The molecule has 164 valence electrons. The van der Waals surface area contributed by atoms with Crippen molar-refractivity contribution >= 4 is 23.5 Å². The summed E-state index contributed by atoms with van der Waals surface area (Å²) in [7, 11) is 0. The maximum absolute atomic E-state index is 12.7. The van der Waals surface area contributed by atoms with Gasteiger partial charge in [-0.15, -0.1) is 0 Å². The molecule has 0 atom stereocenters. The minimum absolute atomic E-state index is 0.224. The third-order valence-corrected chi connectivity index (χ3v) is 5.20. The van der Waals surface area contributed by atoms with Gasteiger partial charge in [0.2, 0.25) is 0 Å². The molecular formula is C24H24N4O4. The van der Waals surface area contributed by atoms with Gasteiger partial charge in [0.05, 0.1) is 5.69 Å². The van der Waals surface area contributed by atoms with Crippen molar-refractivity contribution in [3.8, 4) is 5.69 Å². The number of fused-ring (bicyclic) bond motifs is 1. The second-order valence-corrected chi connectivity index (χ2v) is 7.44. The zero-order valence-electron chi connectivity index (χ0n) is 17.8. The van der Waals surface area contributed by atoms with Gasteiger partial charge in [-0.1, -0.05) is 24.3 Å². The number of carbonyl (C=O) groups is 3. The Hall–Kier alpha value is -3.94. The van der Waals surface area contributed by atoms with E-state index in [1.54, 1.807) is 28.9 Å². The molecule has 2 aromatic carbocycles. The summed E-state index contributed by atoms with van der Waals surface area (Å²) in [5.41, 5.74) is 3.92. The van der Waals surface area contributed by atoms with Crippen LogP contribution < -0.4 is 10.6 Å². The van der Waals surface area contributed by atoms with Crippen LogP contribution in [-0.2, 0) is 22.4 Å². The predicted octanol–water partition coefficient (Wildman–Crippen LogP) is 2.91. The minimum Gasteiger partial charge on any atom is -0.451 e. The number of hydrogen-bond acceptors (Lipinski definition) is 5. The van der Waals surface area contributed by atoms with Gasteiger partial charge < -0.3 is 15.4 Å². The lowest BCUT2D eigenvalue weighted by Crippen LogP contribution is -2.24. The molecule has 3 aromatic rings. The molecular weight excluding hydrogens is 408 g/mol. The molecule has 0 fully saturated rings. The summed E-state index contributed by atoms with van der Waals surface area (Å²) < 4.78 is 7.03. The van der Waals surface area contributed by atoms with E-state index in [1.807, 2.05) is 37.3 Å². The van der Waals surface area contributed by atoms with Crippen LogP contribution >= 0.6 is 0 Å². The number of nitrogens with zero attached hydrogens (tertiary/aromatic N) is 2. The summed E-state index contributed by atoms with van der Waals surface area (Å²) in [4.78, 5) is 36.9. The summed E-state index contributed by atoms with van der Waals surface area (Å²) >= 11 is 0. The summed E-state index contributed by atoms with van der Waals surface area (Å²) in [6.07, 6.45) is 2.54. The van der Waals surface area contributed by atoms with Crippen LogP contribution in [0.1, 0.15) is 45.4 Å². The zero-order chi connectivity index (χ0) is 22.5. The summed E-state index contributed by atoms with van der Waals surface area (Å²) in [5, 5.41) is 9.83. The third-order valence-electron chi connectivity index (χ3n) is 5.20. The van der Waals surface area contributed by atoms with Gasteiger partial charge in [-0.05, 0) is 56.5 Å². The number of benzene rings is 2. The first-order valence-electron chi connectivity index (χ1n) is 10.6. The summed E-state index contributed by atoms with van der Waals surface area (Å²) in [6, 6.07) is 16.2. The molecule has 0 saturated heterocycles. The van der Waals surface area contributed by atoms with E-state index in [2.05, 4.69) is 15.7 Å². The van der Waals surface area contributed by atoms with E-state index < -0.39 is 18.5 Å². The van der Waals surface area contributed by atoms with Gasteiger partial charge in [0.1, 0.15) is 0 Å². The maximum atomic E-state index is 12.7. The lowest BCUT2D eigenvalue weighted by molar-refractivity contribution is -0.119. The van der Waals surface area contributed by atoms with E-state index in [9.17, 15) is 14.4 Å². The molecule has 0 unspecified atom stereocenters. The molecule has 2 amide bonds. The molecule has 0 bridgehead atoms. The van der Waals surface area contributed by atoms with Gasteiger partial charge in [0.25, 0.3) is 11.8 Å². The number of carbonyl (C=O) groups excluding carboxylic acids is 3. The molecule has 32 heavy (non-hydrogen) atoms. The molecule has 4 rings (SSSR count). The standard InChI is InChI=1S/C24H24N4O4/c1-2-25-23(30)16-8-6-9-17(14-16)26-21(29)15-32-24(31)22-19-12-7-13-20(19)28(27-22)18-10-4-3-5-11-18/h3-6,8-11,14H,2,7,12-13,15H2,1H3,(H,25,30)(H,26,29). The zero-order valence-corrected chi connectivity index (χ0v) is 17.8. The van der Waals surface area contributed by atoms with Crippen LogP contribution in [0.2, 0.25) is 0 Å². The summed E-state index contributed by atoms with van der Waals surface area (Å²) in [6.45, 7) is 1.89. The number of ether oxygens (including phenoxy) is 1. The van der Waals surface area contributed by atoms with Gasteiger partial charge in [-0.2, -0.15) is 5.10 Å². The average molecular weight is 432 g/mol. The van der Waals surface area contributed by atoms with E-state index in [4.69, 9.17) is 4.74 Å². The molecule has 8 nitrogen and oxygen atoms in total. The first-order valence-corrected chi connectivity index (χ1v) is 10.6. The highest BCUT2D eigenvalue weighted by Gasteiger charge is 2.28. The van der Waals surface area contributed by atoms with Crippen LogP contribution in [0.5, 0.6) is 0 Å². The number of para-hydroxylation sites is 1. The Morgan fingerprint density at radius 2 is 1.88 bits per heavy atom. The Kier molecular flexibility index (Phi) is 6.30. The van der Waals surface area contributed by atoms with E-state index >= 15 is 0 Å². The van der Waals surface area contributed by atoms with Gasteiger partial charge >= 0.3 is 5.97 Å². The van der Waals surface area contributed by atoms with Crippen LogP contribution in [0.25, 0.3) is 5.69 Å². The van der Waals surface area contributed by atoms with E-state index in [-0.39, 0.29) is 11.6 Å². The molecule has 1 aromatic heterocycles. The minimum atomic E-state index is -0.621. The number of rotatable bonds is 7. The molecule has 8 heteroatoms. The Balaban J connectivity index is 1.41. The van der Waals surface area contributed by atoms with Crippen molar-refractivity contribution in [2.24, 2.45) is 0 Å². The van der Waals surface area contributed by atoms with Crippen LogP contribution in [0.4, 0.5) is 5.69 Å². The van der Waals surface area contributed by atoms with Gasteiger partial charge in [-0.25, -0.2) is 9.48 Å². The fourth-order valence-electron chi connectivity index (χ4n) is 3.78. The second-order valence-electron chi connectivity index (χ2n) is 7.44. The van der Waals surface area contributed by atoms with Crippen molar-refractivity contribution in [3.63, 3.8) is 0 Å². The van der Waals surface area contributed by atoms with Crippen LogP contribution in [0, 0.1) is 0 Å².